The molecule has 0 aromatic carbocycles. The molecule has 1 aromatic rings. The van der Waals surface area contributed by atoms with E-state index in [1.165, 1.54) is 6.26 Å². The number of halogens is 1. The minimum Gasteiger partial charge on any atom is -0.366 e. The predicted molar refractivity (Wildman–Crippen MR) is 73.8 cm³/mol. The molecule has 100 valence electrons. The summed E-state index contributed by atoms with van der Waals surface area (Å²) in [5.74, 6) is 0.682. The molecule has 18 heavy (non-hydrogen) atoms. The Labute approximate surface area is 113 Å². The molecule has 1 N–H and O–H groups in total. The number of nitrogens with zero attached hydrogens (tertiary/aromatic N) is 1. The zero-order valence-electron chi connectivity index (χ0n) is 10.3. The Morgan fingerprint density at radius 3 is 2.56 bits per heavy atom. The molecule has 1 aromatic heterocycles. The van der Waals surface area contributed by atoms with Crippen molar-refractivity contribution >= 4 is 27.3 Å². The summed E-state index contributed by atoms with van der Waals surface area (Å²) >= 11 is 6.02. The molecule has 1 aliphatic carbocycles. The van der Waals surface area contributed by atoms with Crippen molar-refractivity contribution in [2.75, 3.05) is 11.6 Å². The number of aromatic nitrogens is 1. The molecule has 0 aliphatic heterocycles. The van der Waals surface area contributed by atoms with E-state index in [4.69, 9.17) is 11.6 Å². The normalized spacial score (nSPS) is 24.8. The van der Waals surface area contributed by atoms with Crippen molar-refractivity contribution in [1.82, 2.24) is 4.98 Å². The SMILES string of the molecule is CS(=O)(=O)C1CCC(Nc2ncccc2Cl)CC1. The Morgan fingerprint density at radius 1 is 1.33 bits per heavy atom. The van der Waals surface area contributed by atoms with E-state index in [9.17, 15) is 8.42 Å². The van der Waals surface area contributed by atoms with E-state index in [1.807, 2.05) is 0 Å². The molecule has 4 nitrogen and oxygen atoms in total. The molecule has 0 unspecified atom stereocenters. The highest BCUT2D eigenvalue weighted by Gasteiger charge is 2.28. The molecule has 0 spiro atoms. The van der Waals surface area contributed by atoms with Crippen LogP contribution in [0.5, 0.6) is 0 Å². The van der Waals surface area contributed by atoms with Crippen molar-refractivity contribution in [3.05, 3.63) is 23.4 Å². The first-order valence-electron chi connectivity index (χ1n) is 6.03. The largest absolute Gasteiger partial charge is 0.366 e. The second-order valence-corrected chi connectivity index (χ2v) is 7.51. The number of anilines is 1. The van der Waals surface area contributed by atoms with Crippen LogP contribution in [0, 0.1) is 0 Å². The lowest BCUT2D eigenvalue weighted by molar-refractivity contribution is 0.453. The highest BCUT2D eigenvalue weighted by atomic mass is 35.5. The maximum atomic E-state index is 11.5. The van der Waals surface area contributed by atoms with Gasteiger partial charge in [0, 0.05) is 18.5 Å². The predicted octanol–water partition coefficient (Wildman–Crippen LogP) is 2.50. The number of nitrogens with one attached hydrogen (secondary N) is 1. The first-order chi connectivity index (χ1) is 8.47. The molecule has 0 radical (unpaired) electrons. The van der Waals surface area contributed by atoms with Gasteiger partial charge in [0.15, 0.2) is 0 Å². The van der Waals surface area contributed by atoms with Gasteiger partial charge in [0.2, 0.25) is 0 Å². The number of pyridine rings is 1. The van der Waals surface area contributed by atoms with E-state index in [1.54, 1.807) is 18.3 Å². The van der Waals surface area contributed by atoms with Crippen molar-refractivity contribution in [3.63, 3.8) is 0 Å². The molecule has 0 bridgehead atoms. The van der Waals surface area contributed by atoms with Crippen molar-refractivity contribution in [2.45, 2.75) is 37.0 Å². The van der Waals surface area contributed by atoms with Crippen LogP contribution in [-0.2, 0) is 9.84 Å². The topological polar surface area (TPSA) is 59.1 Å². The van der Waals surface area contributed by atoms with Gasteiger partial charge < -0.3 is 5.32 Å². The van der Waals surface area contributed by atoms with Crippen molar-refractivity contribution in [1.29, 1.82) is 0 Å². The second-order valence-electron chi connectivity index (χ2n) is 4.78. The number of hydrogen-bond acceptors (Lipinski definition) is 4. The molecule has 1 heterocycles. The van der Waals surface area contributed by atoms with E-state index in [2.05, 4.69) is 10.3 Å². The van der Waals surface area contributed by atoms with Gasteiger partial charge in [-0.05, 0) is 37.8 Å². The fourth-order valence-corrected chi connectivity index (χ4v) is 3.63. The Morgan fingerprint density at radius 2 is 2.00 bits per heavy atom. The lowest BCUT2D eigenvalue weighted by atomic mass is 9.95. The van der Waals surface area contributed by atoms with Crippen molar-refractivity contribution < 1.29 is 8.42 Å². The summed E-state index contributed by atoms with van der Waals surface area (Å²) in [7, 11) is -2.90. The summed E-state index contributed by atoms with van der Waals surface area (Å²) in [4.78, 5) is 4.18. The maximum absolute atomic E-state index is 11.5. The standard InChI is InChI=1S/C12H17ClN2O2S/c1-18(16,17)10-6-4-9(5-7-10)15-12-11(13)3-2-8-14-12/h2-3,8-10H,4-7H2,1H3,(H,14,15). The van der Waals surface area contributed by atoms with E-state index in [0.29, 0.717) is 23.7 Å². The fraction of sp³-hybridized carbons (Fsp3) is 0.583. The van der Waals surface area contributed by atoms with Crippen LogP contribution in [0.2, 0.25) is 5.02 Å². The average Bonchev–Trinajstić information content (AvgIpc) is 2.32. The third-order valence-corrected chi connectivity index (χ3v) is 5.37. The van der Waals surface area contributed by atoms with Gasteiger partial charge in [-0.25, -0.2) is 13.4 Å². The summed E-state index contributed by atoms with van der Waals surface area (Å²) in [5.41, 5.74) is 0. The number of rotatable bonds is 3. The molecular weight excluding hydrogens is 272 g/mol. The van der Waals surface area contributed by atoms with Crippen molar-refractivity contribution in [2.24, 2.45) is 0 Å². The summed E-state index contributed by atoms with van der Waals surface area (Å²) in [6.45, 7) is 0. The first-order valence-corrected chi connectivity index (χ1v) is 8.36. The summed E-state index contributed by atoms with van der Waals surface area (Å²) in [6.07, 6.45) is 6.11. The zero-order valence-corrected chi connectivity index (χ0v) is 11.8. The van der Waals surface area contributed by atoms with E-state index in [0.717, 1.165) is 12.8 Å². The third kappa shape index (κ3) is 3.36. The van der Waals surface area contributed by atoms with Gasteiger partial charge in [0.25, 0.3) is 0 Å². The third-order valence-electron chi connectivity index (χ3n) is 3.38. The van der Waals surface area contributed by atoms with Crippen LogP contribution in [0.4, 0.5) is 5.82 Å². The van der Waals surface area contributed by atoms with E-state index in [-0.39, 0.29) is 11.3 Å². The number of sulfone groups is 1. The maximum Gasteiger partial charge on any atom is 0.150 e. The zero-order chi connectivity index (χ0) is 13.2. The molecule has 0 saturated heterocycles. The Balaban J connectivity index is 1.94. The van der Waals surface area contributed by atoms with Gasteiger partial charge in [-0.15, -0.1) is 0 Å². The second kappa shape index (κ2) is 5.45. The lowest BCUT2D eigenvalue weighted by Gasteiger charge is -2.28. The monoisotopic (exact) mass is 288 g/mol. The molecule has 1 saturated carbocycles. The molecule has 0 amide bonds. The van der Waals surface area contributed by atoms with Crippen molar-refractivity contribution in [3.8, 4) is 0 Å². The van der Waals surface area contributed by atoms with Gasteiger partial charge >= 0.3 is 0 Å². The van der Waals surface area contributed by atoms with Gasteiger partial charge in [-0.3, -0.25) is 0 Å². The van der Waals surface area contributed by atoms with Crippen LogP contribution in [0.25, 0.3) is 0 Å². The van der Waals surface area contributed by atoms with Crippen LogP contribution in [0.1, 0.15) is 25.7 Å². The smallest absolute Gasteiger partial charge is 0.150 e. The molecule has 1 aliphatic rings. The summed E-state index contributed by atoms with van der Waals surface area (Å²) < 4.78 is 22.9. The van der Waals surface area contributed by atoms with Gasteiger partial charge in [-0.1, -0.05) is 11.6 Å². The van der Waals surface area contributed by atoms with Crippen LogP contribution >= 0.6 is 11.6 Å². The minimum atomic E-state index is -2.90. The van der Waals surface area contributed by atoms with Gasteiger partial charge in [-0.2, -0.15) is 0 Å². The van der Waals surface area contributed by atoms with Crippen LogP contribution in [0.3, 0.4) is 0 Å². The Bertz CT molecular complexity index is 511. The summed E-state index contributed by atoms with van der Waals surface area (Å²) in [6, 6.07) is 3.84. The first kappa shape index (κ1) is 13.6. The quantitative estimate of drug-likeness (QED) is 0.928. The fourth-order valence-electron chi connectivity index (χ4n) is 2.32. The lowest BCUT2D eigenvalue weighted by Crippen LogP contribution is -2.32. The average molecular weight is 289 g/mol. The highest BCUT2D eigenvalue weighted by Crippen LogP contribution is 2.27. The Kier molecular flexibility index (Phi) is 4.12. The molecular formula is C12H17ClN2O2S. The minimum absolute atomic E-state index is 0.185. The van der Waals surface area contributed by atoms with Crippen LogP contribution in [0.15, 0.2) is 18.3 Å². The summed E-state index contributed by atoms with van der Waals surface area (Å²) in [5, 5.41) is 3.70. The van der Waals surface area contributed by atoms with Gasteiger partial charge in [0.05, 0.1) is 10.3 Å². The molecule has 0 atom stereocenters. The Hall–Kier alpha value is -0.810. The van der Waals surface area contributed by atoms with E-state index >= 15 is 0 Å². The van der Waals surface area contributed by atoms with E-state index < -0.39 is 9.84 Å². The van der Waals surface area contributed by atoms with Crippen LogP contribution < -0.4 is 5.32 Å². The van der Waals surface area contributed by atoms with Gasteiger partial charge in [0.1, 0.15) is 15.7 Å². The molecule has 6 heteroatoms. The van der Waals surface area contributed by atoms with Crippen LogP contribution in [-0.4, -0.2) is 30.9 Å². The molecule has 1 fully saturated rings. The highest BCUT2D eigenvalue weighted by molar-refractivity contribution is 7.91. The number of hydrogen-bond donors (Lipinski definition) is 1. The molecule has 2 rings (SSSR count).